The molecule has 0 spiro atoms. The molecule has 6 nitrogen and oxygen atoms in total. The van der Waals surface area contributed by atoms with Crippen molar-refractivity contribution in [3.8, 4) is 5.75 Å². The molecule has 0 aliphatic rings. The molecule has 2 rings (SSSR count). The molecule has 0 saturated heterocycles. The van der Waals surface area contributed by atoms with Gasteiger partial charge in [-0.3, -0.25) is 9.10 Å². The summed E-state index contributed by atoms with van der Waals surface area (Å²) >= 11 is 0. The molecule has 0 aliphatic heterocycles. The molecule has 0 N–H and O–H groups in total. The van der Waals surface area contributed by atoms with Crippen LogP contribution in [0.15, 0.2) is 72.1 Å². The first-order chi connectivity index (χ1) is 12.5. The molecule has 0 aromatic heterocycles. The molecule has 2 aromatic carbocycles. The summed E-state index contributed by atoms with van der Waals surface area (Å²) in [5.74, 6) is -0.0548. The van der Waals surface area contributed by atoms with Crippen LogP contribution in [0.25, 0.3) is 0 Å². The van der Waals surface area contributed by atoms with Gasteiger partial charge in [0.05, 0.1) is 17.2 Å². The van der Waals surface area contributed by atoms with Crippen LogP contribution in [0.1, 0.15) is 6.92 Å². The van der Waals surface area contributed by atoms with Crippen LogP contribution in [0.3, 0.4) is 0 Å². The number of esters is 1. The van der Waals surface area contributed by atoms with Crippen molar-refractivity contribution in [1.82, 2.24) is 0 Å². The molecule has 2 aromatic rings. The molecule has 138 valence electrons. The van der Waals surface area contributed by atoms with Gasteiger partial charge < -0.3 is 9.47 Å². The van der Waals surface area contributed by atoms with Crippen molar-refractivity contribution in [2.45, 2.75) is 11.8 Å². The Labute approximate surface area is 153 Å². The number of sulfonamides is 1. The summed E-state index contributed by atoms with van der Waals surface area (Å²) in [6, 6.07) is 14.4. The number of carbonyl (C=O) groups is 1. The lowest BCUT2D eigenvalue weighted by atomic mass is 10.3. The second-order valence-corrected chi connectivity index (χ2v) is 7.09. The zero-order chi connectivity index (χ0) is 19.0. The van der Waals surface area contributed by atoms with Gasteiger partial charge >= 0.3 is 5.97 Å². The summed E-state index contributed by atoms with van der Waals surface area (Å²) in [6.45, 7) is 5.34. The monoisotopic (exact) mass is 375 g/mol. The van der Waals surface area contributed by atoms with Crippen molar-refractivity contribution in [2.75, 3.05) is 24.1 Å². The Morgan fingerprint density at radius 3 is 2.35 bits per heavy atom. The van der Waals surface area contributed by atoms with Crippen LogP contribution in [0.2, 0.25) is 0 Å². The molecular weight excluding hydrogens is 354 g/mol. The van der Waals surface area contributed by atoms with Crippen molar-refractivity contribution in [3.63, 3.8) is 0 Å². The normalized spacial score (nSPS) is 10.8. The molecule has 0 amide bonds. The van der Waals surface area contributed by atoms with Crippen molar-refractivity contribution < 1.29 is 22.7 Å². The van der Waals surface area contributed by atoms with Gasteiger partial charge in [0.2, 0.25) is 0 Å². The SMILES string of the molecule is C=CCOc1ccc(N(CC(=O)OCC)S(=O)(=O)c2ccccc2)cc1. The second-order valence-electron chi connectivity index (χ2n) is 5.22. The first-order valence-electron chi connectivity index (χ1n) is 8.06. The van der Waals surface area contributed by atoms with E-state index in [0.29, 0.717) is 18.0 Å². The Morgan fingerprint density at radius 2 is 1.77 bits per heavy atom. The summed E-state index contributed by atoms with van der Waals surface area (Å²) < 4.78 is 37.4. The fraction of sp³-hybridized carbons (Fsp3) is 0.211. The smallest absolute Gasteiger partial charge is 0.326 e. The van der Waals surface area contributed by atoms with E-state index in [1.807, 2.05) is 0 Å². The van der Waals surface area contributed by atoms with Crippen LogP contribution in [0.5, 0.6) is 5.75 Å². The van der Waals surface area contributed by atoms with E-state index in [2.05, 4.69) is 6.58 Å². The lowest BCUT2D eigenvalue weighted by molar-refractivity contribution is -0.141. The van der Waals surface area contributed by atoms with Gasteiger partial charge in [-0.2, -0.15) is 0 Å². The highest BCUT2D eigenvalue weighted by molar-refractivity contribution is 7.92. The fourth-order valence-electron chi connectivity index (χ4n) is 2.22. The van der Waals surface area contributed by atoms with E-state index >= 15 is 0 Å². The third kappa shape index (κ3) is 4.86. The van der Waals surface area contributed by atoms with E-state index < -0.39 is 22.5 Å². The van der Waals surface area contributed by atoms with Crippen molar-refractivity contribution in [3.05, 3.63) is 67.3 Å². The maximum absolute atomic E-state index is 13.0. The number of ether oxygens (including phenoxy) is 2. The highest BCUT2D eigenvalue weighted by Crippen LogP contribution is 2.25. The number of hydrogen-bond acceptors (Lipinski definition) is 5. The Balaban J connectivity index is 2.38. The lowest BCUT2D eigenvalue weighted by Gasteiger charge is -2.23. The topological polar surface area (TPSA) is 72.9 Å². The molecule has 0 radical (unpaired) electrons. The van der Waals surface area contributed by atoms with Crippen LogP contribution in [-0.2, 0) is 19.6 Å². The average molecular weight is 375 g/mol. The zero-order valence-corrected chi connectivity index (χ0v) is 15.3. The third-order valence-corrected chi connectivity index (χ3v) is 5.19. The fourth-order valence-corrected chi connectivity index (χ4v) is 3.65. The number of nitrogens with zero attached hydrogens (tertiary/aromatic N) is 1. The van der Waals surface area contributed by atoms with E-state index in [-0.39, 0.29) is 11.5 Å². The van der Waals surface area contributed by atoms with E-state index in [1.165, 1.54) is 12.1 Å². The highest BCUT2D eigenvalue weighted by Gasteiger charge is 2.27. The number of carbonyl (C=O) groups excluding carboxylic acids is 1. The Hall–Kier alpha value is -2.80. The van der Waals surface area contributed by atoms with Crippen LogP contribution in [0.4, 0.5) is 5.69 Å². The van der Waals surface area contributed by atoms with E-state index in [4.69, 9.17) is 9.47 Å². The van der Waals surface area contributed by atoms with Gasteiger partial charge in [0, 0.05) is 0 Å². The predicted molar refractivity (Wildman–Crippen MR) is 99.7 cm³/mol. The standard InChI is InChI=1S/C19H21NO5S/c1-3-14-25-17-12-10-16(11-13-17)20(15-19(21)24-4-2)26(22,23)18-8-6-5-7-9-18/h3,5-13H,1,4,14-15H2,2H3. The number of rotatable bonds is 9. The summed E-state index contributed by atoms with van der Waals surface area (Å²) in [7, 11) is -3.92. The lowest BCUT2D eigenvalue weighted by Crippen LogP contribution is -2.36. The highest BCUT2D eigenvalue weighted by atomic mass is 32.2. The minimum absolute atomic E-state index is 0.0938. The average Bonchev–Trinajstić information content (AvgIpc) is 2.66. The summed E-state index contributed by atoms with van der Waals surface area (Å²) in [5.41, 5.74) is 0.341. The Bertz CT molecular complexity index is 832. The van der Waals surface area contributed by atoms with Gasteiger partial charge in [-0.1, -0.05) is 30.9 Å². The van der Waals surface area contributed by atoms with Crippen molar-refractivity contribution in [1.29, 1.82) is 0 Å². The maximum Gasteiger partial charge on any atom is 0.326 e. The number of hydrogen-bond donors (Lipinski definition) is 0. The summed E-state index contributed by atoms with van der Waals surface area (Å²) in [5, 5.41) is 0. The largest absolute Gasteiger partial charge is 0.490 e. The first-order valence-corrected chi connectivity index (χ1v) is 9.50. The predicted octanol–water partition coefficient (Wildman–Crippen LogP) is 3.01. The van der Waals surface area contributed by atoms with Crippen LogP contribution < -0.4 is 9.04 Å². The van der Waals surface area contributed by atoms with Gasteiger partial charge in [0.15, 0.2) is 0 Å². The van der Waals surface area contributed by atoms with Gasteiger partial charge in [0.1, 0.15) is 18.9 Å². The second kappa shape index (κ2) is 9.05. The summed E-state index contributed by atoms with van der Waals surface area (Å²) in [6.07, 6.45) is 1.61. The first kappa shape index (κ1) is 19.5. The third-order valence-electron chi connectivity index (χ3n) is 3.40. The minimum atomic E-state index is -3.92. The molecular formula is C19H21NO5S. The minimum Gasteiger partial charge on any atom is -0.490 e. The van der Waals surface area contributed by atoms with E-state index in [9.17, 15) is 13.2 Å². The van der Waals surface area contributed by atoms with E-state index in [0.717, 1.165) is 4.31 Å². The maximum atomic E-state index is 13.0. The molecule has 26 heavy (non-hydrogen) atoms. The number of benzene rings is 2. The Morgan fingerprint density at radius 1 is 1.12 bits per heavy atom. The quantitative estimate of drug-likeness (QED) is 0.498. The summed E-state index contributed by atoms with van der Waals surface area (Å²) in [4.78, 5) is 12.0. The number of anilines is 1. The molecule has 7 heteroatoms. The van der Waals surface area contributed by atoms with Crippen molar-refractivity contribution >= 4 is 21.7 Å². The molecule has 0 saturated carbocycles. The molecule has 0 aliphatic carbocycles. The van der Waals surface area contributed by atoms with Gasteiger partial charge in [-0.25, -0.2) is 8.42 Å². The van der Waals surface area contributed by atoms with Crippen molar-refractivity contribution in [2.24, 2.45) is 0 Å². The van der Waals surface area contributed by atoms with Crippen LogP contribution in [-0.4, -0.2) is 34.1 Å². The Kier molecular flexibility index (Phi) is 6.80. The van der Waals surface area contributed by atoms with E-state index in [1.54, 1.807) is 55.5 Å². The molecule has 0 bridgehead atoms. The molecule has 0 unspecified atom stereocenters. The van der Waals surface area contributed by atoms with Crippen LogP contribution >= 0.6 is 0 Å². The molecule has 0 atom stereocenters. The van der Waals surface area contributed by atoms with Gasteiger partial charge in [-0.05, 0) is 43.3 Å². The van der Waals surface area contributed by atoms with Gasteiger partial charge in [0.25, 0.3) is 10.0 Å². The van der Waals surface area contributed by atoms with Gasteiger partial charge in [-0.15, -0.1) is 0 Å². The molecule has 0 heterocycles. The van der Waals surface area contributed by atoms with Crippen LogP contribution in [0, 0.1) is 0 Å². The molecule has 0 fully saturated rings. The zero-order valence-electron chi connectivity index (χ0n) is 14.5.